The number of fused-ring (bicyclic) bond motifs is 1. The fourth-order valence-corrected chi connectivity index (χ4v) is 4.39. The van der Waals surface area contributed by atoms with Crippen molar-refractivity contribution >= 4 is 17.3 Å². The lowest BCUT2D eigenvalue weighted by molar-refractivity contribution is -0.125. The first-order valence-electron chi connectivity index (χ1n) is 11.2. The molecule has 7 nitrogen and oxygen atoms in total. The fourth-order valence-electron chi connectivity index (χ4n) is 4.39. The number of amides is 2. The first-order valence-corrected chi connectivity index (χ1v) is 11.2. The number of nitrogens with zero attached hydrogens (tertiary/aromatic N) is 3. The summed E-state index contributed by atoms with van der Waals surface area (Å²) >= 11 is 0. The molecule has 1 saturated heterocycles. The number of rotatable bonds is 4. The van der Waals surface area contributed by atoms with Crippen LogP contribution in [0, 0.1) is 11.2 Å². The summed E-state index contributed by atoms with van der Waals surface area (Å²) in [5.74, 6) is -0.860. The average Bonchev–Trinajstić information content (AvgIpc) is 3.26. The summed E-state index contributed by atoms with van der Waals surface area (Å²) < 4.78 is 15.8. The molecule has 3 aromatic rings. The van der Waals surface area contributed by atoms with Crippen LogP contribution in [0.3, 0.4) is 0 Å². The molecule has 33 heavy (non-hydrogen) atoms. The molecule has 0 aliphatic carbocycles. The minimum atomic E-state index is -0.711. The van der Waals surface area contributed by atoms with E-state index in [2.05, 4.69) is 10.3 Å². The topological polar surface area (TPSA) is 92.7 Å². The lowest BCUT2D eigenvalue weighted by Crippen LogP contribution is -2.58. The van der Waals surface area contributed by atoms with Gasteiger partial charge in [-0.15, -0.1) is 0 Å². The molecular formula is C25H30FN5O2. The van der Waals surface area contributed by atoms with Crippen LogP contribution in [0.1, 0.15) is 49.0 Å². The van der Waals surface area contributed by atoms with E-state index in [9.17, 15) is 14.0 Å². The quantitative estimate of drug-likeness (QED) is 0.638. The van der Waals surface area contributed by atoms with Crippen LogP contribution < -0.4 is 11.1 Å². The maximum atomic E-state index is 14.0. The number of imidazole rings is 1. The van der Waals surface area contributed by atoms with E-state index in [4.69, 9.17) is 5.73 Å². The van der Waals surface area contributed by atoms with Gasteiger partial charge in [0.05, 0.1) is 35.7 Å². The SMILES string of the molecule is CC(C)(C)[C@H](N)C(=O)N[C@@H]1CN(C(=O)c2cccn3cncc23)CC[C@H]1c1cccc(F)c1. The number of carbonyl (C=O) groups is 2. The molecule has 1 fully saturated rings. The molecule has 0 bridgehead atoms. The zero-order valence-electron chi connectivity index (χ0n) is 19.2. The summed E-state index contributed by atoms with van der Waals surface area (Å²) in [6, 6.07) is 8.91. The van der Waals surface area contributed by atoms with Crippen molar-refractivity contribution in [3.05, 3.63) is 72.1 Å². The number of hydrogen-bond donors (Lipinski definition) is 2. The van der Waals surface area contributed by atoms with E-state index in [-0.39, 0.29) is 23.5 Å². The molecule has 3 atom stereocenters. The van der Waals surface area contributed by atoms with Crippen molar-refractivity contribution in [1.29, 1.82) is 0 Å². The Morgan fingerprint density at radius 3 is 2.76 bits per heavy atom. The second-order valence-electron chi connectivity index (χ2n) is 9.77. The van der Waals surface area contributed by atoms with Gasteiger partial charge < -0.3 is 20.4 Å². The van der Waals surface area contributed by atoms with Crippen LogP contribution in [0.15, 0.2) is 55.1 Å². The van der Waals surface area contributed by atoms with Gasteiger partial charge in [-0.2, -0.15) is 0 Å². The lowest BCUT2D eigenvalue weighted by atomic mass is 9.83. The minimum absolute atomic E-state index is 0.127. The Balaban J connectivity index is 1.61. The number of nitrogens with one attached hydrogen (secondary N) is 1. The van der Waals surface area contributed by atoms with Gasteiger partial charge in [0.1, 0.15) is 5.82 Å². The van der Waals surface area contributed by atoms with Crippen LogP contribution in [0.4, 0.5) is 4.39 Å². The molecular weight excluding hydrogens is 421 g/mol. The van der Waals surface area contributed by atoms with Crippen molar-refractivity contribution in [1.82, 2.24) is 19.6 Å². The third kappa shape index (κ3) is 4.75. The first-order chi connectivity index (χ1) is 15.6. The van der Waals surface area contributed by atoms with E-state index in [1.807, 2.05) is 39.1 Å². The van der Waals surface area contributed by atoms with Gasteiger partial charge in [-0.3, -0.25) is 9.59 Å². The Morgan fingerprint density at radius 2 is 2.03 bits per heavy atom. The predicted molar refractivity (Wildman–Crippen MR) is 124 cm³/mol. The summed E-state index contributed by atoms with van der Waals surface area (Å²) in [4.78, 5) is 32.3. The van der Waals surface area contributed by atoms with Crippen molar-refractivity contribution in [3.63, 3.8) is 0 Å². The number of benzene rings is 1. The second kappa shape index (κ2) is 8.94. The maximum Gasteiger partial charge on any atom is 0.256 e. The van der Waals surface area contributed by atoms with Gasteiger partial charge in [0, 0.05) is 25.2 Å². The van der Waals surface area contributed by atoms with Gasteiger partial charge in [0.15, 0.2) is 0 Å². The molecule has 0 radical (unpaired) electrons. The van der Waals surface area contributed by atoms with Gasteiger partial charge in [-0.25, -0.2) is 9.37 Å². The van der Waals surface area contributed by atoms with Crippen LogP contribution in [0.5, 0.6) is 0 Å². The number of nitrogens with two attached hydrogens (primary N) is 1. The van der Waals surface area contributed by atoms with Crippen molar-refractivity contribution in [2.45, 2.75) is 45.2 Å². The van der Waals surface area contributed by atoms with E-state index >= 15 is 0 Å². The van der Waals surface area contributed by atoms with Crippen molar-refractivity contribution < 1.29 is 14.0 Å². The molecule has 3 heterocycles. The van der Waals surface area contributed by atoms with E-state index in [1.54, 1.807) is 34.0 Å². The standard InChI is InChI=1S/C25H30FN5O2/c1-25(2,3)22(27)23(32)29-20-14-30(11-9-18(20)16-6-4-7-17(26)12-16)24(33)19-8-5-10-31-15-28-13-21(19)31/h4-8,10,12-13,15,18,20,22H,9,11,14,27H2,1-3H3,(H,29,32)/t18-,20+,22+/m0/s1. The minimum Gasteiger partial charge on any atom is -0.350 e. The summed E-state index contributed by atoms with van der Waals surface area (Å²) in [6.45, 7) is 6.52. The normalized spacial score (nSPS) is 20.0. The fraction of sp³-hybridized carbons (Fsp3) is 0.400. The molecule has 2 amide bonds. The molecule has 3 N–H and O–H groups in total. The smallest absolute Gasteiger partial charge is 0.256 e. The van der Waals surface area contributed by atoms with Crippen molar-refractivity contribution in [2.24, 2.45) is 11.1 Å². The van der Waals surface area contributed by atoms with Crippen LogP contribution >= 0.6 is 0 Å². The number of likely N-dealkylation sites (tertiary alicyclic amines) is 1. The molecule has 1 aromatic carbocycles. The van der Waals surface area contributed by atoms with Gasteiger partial charge in [-0.05, 0) is 41.7 Å². The van der Waals surface area contributed by atoms with E-state index in [0.29, 0.717) is 25.1 Å². The predicted octanol–water partition coefficient (Wildman–Crippen LogP) is 2.96. The van der Waals surface area contributed by atoms with Gasteiger partial charge in [0.2, 0.25) is 5.91 Å². The molecule has 0 spiro atoms. The first kappa shape index (κ1) is 22.9. The van der Waals surface area contributed by atoms with Crippen LogP contribution in [0.2, 0.25) is 0 Å². The molecule has 4 rings (SSSR count). The molecule has 8 heteroatoms. The number of carbonyl (C=O) groups excluding carboxylic acids is 2. The number of halogens is 1. The third-order valence-electron chi connectivity index (χ3n) is 6.40. The number of aromatic nitrogens is 2. The van der Waals surface area contributed by atoms with E-state index < -0.39 is 17.5 Å². The Hall–Kier alpha value is -3.26. The Kier molecular flexibility index (Phi) is 6.21. The van der Waals surface area contributed by atoms with E-state index in [0.717, 1.165) is 11.1 Å². The van der Waals surface area contributed by atoms with Gasteiger partial charge in [0.25, 0.3) is 5.91 Å². The van der Waals surface area contributed by atoms with Crippen LogP contribution in [-0.4, -0.2) is 51.3 Å². The Morgan fingerprint density at radius 1 is 1.24 bits per heavy atom. The van der Waals surface area contributed by atoms with Gasteiger partial charge in [-0.1, -0.05) is 32.9 Å². The third-order valence-corrected chi connectivity index (χ3v) is 6.40. The zero-order chi connectivity index (χ0) is 23.8. The van der Waals surface area contributed by atoms with E-state index in [1.165, 1.54) is 12.1 Å². The number of pyridine rings is 1. The van der Waals surface area contributed by atoms with Crippen molar-refractivity contribution in [3.8, 4) is 0 Å². The molecule has 0 unspecified atom stereocenters. The number of piperidine rings is 1. The second-order valence-corrected chi connectivity index (χ2v) is 9.77. The highest BCUT2D eigenvalue weighted by Crippen LogP contribution is 2.30. The maximum absolute atomic E-state index is 14.0. The van der Waals surface area contributed by atoms with Crippen molar-refractivity contribution in [2.75, 3.05) is 13.1 Å². The molecule has 1 aliphatic rings. The Labute approximate surface area is 192 Å². The van der Waals surface area contributed by atoms with Gasteiger partial charge >= 0.3 is 0 Å². The summed E-state index contributed by atoms with van der Waals surface area (Å²) in [7, 11) is 0. The lowest BCUT2D eigenvalue weighted by Gasteiger charge is -2.40. The summed E-state index contributed by atoms with van der Waals surface area (Å²) in [5.41, 5.74) is 7.86. The molecule has 174 valence electrons. The highest BCUT2D eigenvalue weighted by Gasteiger charge is 2.37. The highest BCUT2D eigenvalue weighted by atomic mass is 19.1. The van der Waals surface area contributed by atoms with Crippen LogP contribution in [-0.2, 0) is 4.79 Å². The largest absolute Gasteiger partial charge is 0.350 e. The average molecular weight is 452 g/mol. The Bertz CT molecular complexity index is 1170. The van der Waals surface area contributed by atoms with Crippen LogP contribution in [0.25, 0.3) is 5.52 Å². The molecule has 1 aliphatic heterocycles. The monoisotopic (exact) mass is 451 g/mol. The highest BCUT2D eigenvalue weighted by molar-refractivity contribution is 6.00. The number of hydrogen-bond acceptors (Lipinski definition) is 4. The molecule has 0 saturated carbocycles. The zero-order valence-corrected chi connectivity index (χ0v) is 19.2. The summed E-state index contributed by atoms with van der Waals surface area (Å²) in [5, 5.41) is 3.06. The summed E-state index contributed by atoms with van der Waals surface area (Å²) in [6.07, 6.45) is 5.74. The molecule has 2 aromatic heterocycles.